The summed E-state index contributed by atoms with van der Waals surface area (Å²) >= 11 is 11.7. The van der Waals surface area contributed by atoms with Crippen molar-refractivity contribution in [3.05, 3.63) is 58.1 Å². The molecule has 0 radical (unpaired) electrons. The highest BCUT2D eigenvalue weighted by atomic mass is 35.5. The van der Waals surface area contributed by atoms with Gasteiger partial charge in [-0.25, -0.2) is 0 Å². The Labute approximate surface area is 165 Å². The second-order valence-electron chi connectivity index (χ2n) is 5.24. The molecule has 0 fully saturated rings. The van der Waals surface area contributed by atoms with Gasteiger partial charge in [-0.3, -0.25) is 14.4 Å². The molecule has 2 amide bonds. The van der Waals surface area contributed by atoms with Crippen molar-refractivity contribution in [2.24, 2.45) is 0 Å². The molecule has 0 aromatic heterocycles. The predicted molar refractivity (Wildman–Crippen MR) is 101 cm³/mol. The SMILES string of the molecule is COc1ccc(NC(=O)COC(=O)CNC(=O)c2ccc(Cl)cc2Cl)cc1. The first kappa shape index (κ1) is 20.5. The van der Waals surface area contributed by atoms with Crippen LogP contribution in [0.2, 0.25) is 10.0 Å². The zero-order valence-corrected chi connectivity index (χ0v) is 15.8. The molecule has 2 rings (SSSR count). The smallest absolute Gasteiger partial charge is 0.325 e. The van der Waals surface area contributed by atoms with Gasteiger partial charge in [0.2, 0.25) is 0 Å². The summed E-state index contributed by atoms with van der Waals surface area (Å²) in [6, 6.07) is 11.0. The normalized spacial score (nSPS) is 10.0. The standard InChI is InChI=1S/C18H16Cl2N2O5/c1-26-13-5-3-12(4-6-13)22-16(23)10-27-17(24)9-21-18(25)14-7-2-11(19)8-15(14)20/h2-8H,9-10H2,1H3,(H,21,25)(H,22,23). The molecule has 2 aromatic rings. The van der Waals surface area contributed by atoms with Gasteiger partial charge in [0, 0.05) is 10.7 Å². The zero-order chi connectivity index (χ0) is 19.8. The number of nitrogens with one attached hydrogen (secondary N) is 2. The molecule has 0 atom stereocenters. The number of benzene rings is 2. The number of halogens is 2. The molecule has 0 aliphatic carbocycles. The fraction of sp³-hybridized carbons (Fsp3) is 0.167. The van der Waals surface area contributed by atoms with E-state index in [1.807, 2.05) is 0 Å². The van der Waals surface area contributed by atoms with Crippen LogP contribution >= 0.6 is 23.2 Å². The molecule has 9 heteroatoms. The molecule has 0 unspecified atom stereocenters. The van der Waals surface area contributed by atoms with Crippen LogP contribution in [-0.4, -0.2) is 38.0 Å². The molecule has 0 heterocycles. The summed E-state index contributed by atoms with van der Waals surface area (Å²) in [5.41, 5.74) is 0.702. The van der Waals surface area contributed by atoms with Crippen LogP contribution in [0.5, 0.6) is 5.75 Å². The minimum atomic E-state index is -0.765. The van der Waals surface area contributed by atoms with Gasteiger partial charge in [0.05, 0.1) is 17.7 Å². The van der Waals surface area contributed by atoms with E-state index in [1.54, 1.807) is 24.3 Å². The lowest BCUT2D eigenvalue weighted by Crippen LogP contribution is -2.32. The van der Waals surface area contributed by atoms with Crippen LogP contribution in [-0.2, 0) is 14.3 Å². The number of carbonyl (C=O) groups excluding carboxylic acids is 3. The monoisotopic (exact) mass is 410 g/mol. The van der Waals surface area contributed by atoms with Crippen molar-refractivity contribution in [2.45, 2.75) is 0 Å². The van der Waals surface area contributed by atoms with Gasteiger partial charge in [-0.05, 0) is 42.5 Å². The summed E-state index contributed by atoms with van der Waals surface area (Å²) in [5.74, 6) is -1.19. The quantitative estimate of drug-likeness (QED) is 0.684. The number of amides is 2. The van der Waals surface area contributed by atoms with Gasteiger partial charge in [-0.15, -0.1) is 0 Å². The summed E-state index contributed by atoms with van der Waals surface area (Å²) in [7, 11) is 1.53. The van der Waals surface area contributed by atoms with Crippen LogP contribution in [0.1, 0.15) is 10.4 Å². The van der Waals surface area contributed by atoms with Crippen molar-refractivity contribution in [3.63, 3.8) is 0 Å². The van der Waals surface area contributed by atoms with Gasteiger partial charge in [-0.2, -0.15) is 0 Å². The van der Waals surface area contributed by atoms with Crippen molar-refractivity contribution < 1.29 is 23.9 Å². The molecule has 27 heavy (non-hydrogen) atoms. The molecule has 0 bridgehead atoms. The van der Waals surface area contributed by atoms with Crippen LogP contribution in [0.3, 0.4) is 0 Å². The van der Waals surface area contributed by atoms with Gasteiger partial charge < -0.3 is 20.1 Å². The summed E-state index contributed by atoms with van der Waals surface area (Å²) < 4.78 is 9.83. The summed E-state index contributed by atoms with van der Waals surface area (Å²) in [4.78, 5) is 35.4. The average Bonchev–Trinajstić information content (AvgIpc) is 2.65. The zero-order valence-electron chi connectivity index (χ0n) is 14.3. The van der Waals surface area contributed by atoms with Crippen LogP contribution in [0.25, 0.3) is 0 Å². The maximum atomic E-state index is 12.0. The third kappa shape index (κ3) is 6.47. The number of esters is 1. The third-order valence-electron chi connectivity index (χ3n) is 3.31. The first-order valence-corrected chi connectivity index (χ1v) is 8.47. The lowest BCUT2D eigenvalue weighted by Gasteiger charge is -2.09. The van der Waals surface area contributed by atoms with E-state index in [4.69, 9.17) is 32.7 Å². The van der Waals surface area contributed by atoms with E-state index in [1.165, 1.54) is 25.3 Å². The Morgan fingerprint density at radius 3 is 2.37 bits per heavy atom. The lowest BCUT2D eigenvalue weighted by molar-refractivity contribution is -0.146. The Morgan fingerprint density at radius 1 is 1.04 bits per heavy atom. The van der Waals surface area contributed by atoms with E-state index in [2.05, 4.69) is 10.6 Å². The van der Waals surface area contributed by atoms with E-state index >= 15 is 0 Å². The molecule has 0 aliphatic rings. The van der Waals surface area contributed by atoms with E-state index in [9.17, 15) is 14.4 Å². The second kappa shape index (κ2) is 9.80. The second-order valence-corrected chi connectivity index (χ2v) is 6.09. The van der Waals surface area contributed by atoms with E-state index in [0.29, 0.717) is 16.5 Å². The highest BCUT2D eigenvalue weighted by molar-refractivity contribution is 6.36. The lowest BCUT2D eigenvalue weighted by atomic mass is 10.2. The molecule has 0 saturated heterocycles. The maximum absolute atomic E-state index is 12.0. The number of methoxy groups -OCH3 is 1. The fourth-order valence-corrected chi connectivity index (χ4v) is 2.48. The first-order valence-electron chi connectivity index (χ1n) is 7.72. The fourth-order valence-electron chi connectivity index (χ4n) is 1.99. The van der Waals surface area contributed by atoms with Crippen molar-refractivity contribution in [3.8, 4) is 5.75 Å². The van der Waals surface area contributed by atoms with Crippen LogP contribution in [0.4, 0.5) is 5.69 Å². The molecule has 0 spiro atoms. The highest BCUT2D eigenvalue weighted by Gasteiger charge is 2.13. The van der Waals surface area contributed by atoms with Crippen molar-refractivity contribution >= 4 is 46.7 Å². The minimum Gasteiger partial charge on any atom is -0.497 e. The Kier molecular flexibility index (Phi) is 7.45. The van der Waals surface area contributed by atoms with E-state index in [0.717, 1.165) is 0 Å². The maximum Gasteiger partial charge on any atom is 0.325 e. The Balaban J connectivity index is 1.75. The molecule has 2 N–H and O–H groups in total. The number of ether oxygens (including phenoxy) is 2. The van der Waals surface area contributed by atoms with Gasteiger partial charge >= 0.3 is 5.97 Å². The summed E-state index contributed by atoms with van der Waals surface area (Å²) in [6.45, 7) is -0.893. The van der Waals surface area contributed by atoms with Gasteiger partial charge in [0.1, 0.15) is 12.3 Å². The Morgan fingerprint density at radius 2 is 1.74 bits per heavy atom. The van der Waals surface area contributed by atoms with Crippen LogP contribution in [0.15, 0.2) is 42.5 Å². The predicted octanol–water partition coefficient (Wildman–Crippen LogP) is 2.91. The molecule has 2 aromatic carbocycles. The molecular formula is C18H16Cl2N2O5. The molecule has 0 saturated carbocycles. The Bertz CT molecular complexity index is 840. The van der Waals surface area contributed by atoms with E-state index in [-0.39, 0.29) is 10.6 Å². The average molecular weight is 411 g/mol. The molecule has 0 aliphatic heterocycles. The number of rotatable bonds is 7. The van der Waals surface area contributed by atoms with Gasteiger partial charge in [0.25, 0.3) is 11.8 Å². The summed E-state index contributed by atoms with van der Waals surface area (Å²) in [5, 5.41) is 5.47. The van der Waals surface area contributed by atoms with Crippen molar-refractivity contribution in [1.82, 2.24) is 5.32 Å². The number of hydrogen-bond acceptors (Lipinski definition) is 5. The topological polar surface area (TPSA) is 93.7 Å². The molecular weight excluding hydrogens is 395 g/mol. The largest absolute Gasteiger partial charge is 0.497 e. The molecule has 7 nitrogen and oxygen atoms in total. The number of anilines is 1. The highest BCUT2D eigenvalue weighted by Crippen LogP contribution is 2.20. The van der Waals surface area contributed by atoms with Crippen molar-refractivity contribution in [2.75, 3.05) is 25.6 Å². The number of hydrogen-bond donors (Lipinski definition) is 2. The molecule has 142 valence electrons. The summed E-state index contributed by atoms with van der Waals surface area (Å²) in [6.07, 6.45) is 0. The third-order valence-corrected chi connectivity index (χ3v) is 3.85. The van der Waals surface area contributed by atoms with Crippen molar-refractivity contribution in [1.29, 1.82) is 0 Å². The van der Waals surface area contributed by atoms with Gasteiger partial charge in [0.15, 0.2) is 6.61 Å². The van der Waals surface area contributed by atoms with E-state index < -0.39 is 30.9 Å². The van der Waals surface area contributed by atoms with Gasteiger partial charge in [-0.1, -0.05) is 23.2 Å². The van der Waals surface area contributed by atoms with Crippen LogP contribution in [0, 0.1) is 0 Å². The number of carbonyl (C=O) groups is 3. The Hall–Kier alpha value is -2.77. The minimum absolute atomic E-state index is 0.159. The first-order chi connectivity index (χ1) is 12.9. The van der Waals surface area contributed by atoms with Crippen LogP contribution < -0.4 is 15.4 Å².